The molecule has 2 aromatic heterocycles. The Kier molecular flexibility index (Phi) is 2.24. The third-order valence-electron chi connectivity index (χ3n) is 1.65. The lowest BCUT2D eigenvalue weighted by Crippen LogP contribution is -1.90. The molecule has 15 heavy (non-hydrogen) atoms. The summed E-state index contributed by atoms with van der Waals surface area (Å²) in [5.74, 6) is 0.756. The fourth-order valence-corrected chi connectivity index (χ4v) is 1.02. The van der Waals surface area contributed by atoms with Gasteiger partial charge in [-0.1, -0.05) is 10.3 Å². The molecule has 0 atom stereocenters. The van der Waals surface area contributed by atoms with Crippen molar-refractivity contribution in [3.63, 3.8) is 0 Å². The first kappa shape index (κ1) is 9.45. The van der Waals surface area contributed by atoms with Crippen molar-refractivity contribution in [1.82, 2.24) is 10.1 Å². The molecule has 0 aliphatic heterocycles. The molecule has 78 valence electrons. The second-order valence-corrected chi connectivity index (χ2v) is 3.22. The van der Waals surface area contributed by atoms with E-state index >= 15 is 0 Å². The molecule has 6 heteroatoms. The minimum Gasteiger partial charge on any atom is -0.379 e. The second kappa shape index (κ2) is 3.56. The van der Waals surface area contributed by atoms with Gasteiger partial charge in [-0.2, -0.15) is 0 Å². The van der Waals surface area contributed by atoms with Crippen molar-refractivity contribution in [1.29, 1.82) is 0 Å². The standard InChI is InChI=1S/C9H10N4O2/c1-5(2)12-14-6-3-7-8(11-4-6)9(10)13-15-7/h3-4H,1-2H3,(H2,10,13). The predicted molar refractivity (Wildman–Crippen MR) is 55.6 cm³/mol. The van der Waals surface area contributed by atoms with Crippen LogP contribution in [0.15, 0.2) is 21.9 Å². The van der Waals surface area contributed by atoms with Gasteiger partial charge in [-0.05, 0) is 13.8 Å². The van der Waals surface area contributed by atoms with Crippen LogP contribution in [0, 0.1) is 0 Å². The van der Waals surface area contributed by atoms with Crippen molar-refractivity contribution in [2.75, 3.05) is 5.73 Å². The van der Waals surface area contributed by atoms with E-state index < -0.39 is 0 Å². The number of hydrogen-bond donors (Lipinski definition) is 1. The van der Waals surface area contributed by atoms with Gasteiger partial charge in [0.2, 0.25) is 0 Å². The van der Waals surface area contributed by atoms with Crippen molar-refractivity contribution in [3.8, 4) is 5.75 Å². The van der Waals surface area contributed by atoms with Crippen LogP contribution in [-0.4, -0.2) is 15.9 Å². The molecule has 6 nitrogen and oxygen atoms in total. The number of fused-ring (bicyclic) bond motifs is 1. The third kappa shape index (κ3) is 1.88. The van der Waals surface area contributed by atoms with E-state index in [-0.39, 0.29) is 5.82 Å². The summed E-state index contributed by atoms with van der Waals surface area (Å²) in [7, 11) is 0. The van der Waals surface area contributed by atoms with E-state index in [1.165, 1.54) is 6.20 Å². The second-order valence-electron chi connectivity index (χ2n) is 3.22. The number of nitrogens with zero attached hydrogens (tertiary/aromatic N) is 3. The van der Waals surface area contributed by atoms with Gasteiger partial charge in [0.1, 0.15) is 0 Å². The number of anilines is 1. The molecule has 0 fully saturated rings. The van der Waals surface area contributed by atoms with Gasteiger partial charge in [0.25, 0.3) is 0 Å². The van der Waals surface area contributed by atoms with Crippen molar-refractivity contribution in [2.45, 2.75) is 13.8 Å². The largest absolute Gasteiger partial charge is 0.379 e. The maximum atomic E-state index is 5.51. The highest BCUT2D eigenvalue weighted by atomic mass is 16.6. The van der Waals surface area contributed by atoms with Crippen LogP contribution in [0.25, 0.3) is 11.1 Å². The van der Waals surface area contributed by atoms with Crippen molar-refractivity contribution in [3.05, 3.63) is 12.3 Å². The molecular formula is C9H10N4O2. The van der Waals surface area contributed by atoms with E-state index in [0.717, 1.165) is 5.71 Å². The number of aromatic nitrogens is 2. The Bertz CT molecular complexity index is 514. The lowest BCUT2D eigenvalue weighted by molar-refractivity contribution is 0.339. The lowest BCUT2D eigenvalue weighted by atomic mass is 10.4. The van der Waals surface area contributed by atoms with Crippen molar-refractivity contribution in [2.24, 2.45) is 5.16 Å². The summed E-state index contributed by atoms with van der Waals surface area (Å²) < 4.78 is 4.93. The van der Waals surface area contributed by atoms with E-state index in [9.17, 15) is 0 Å². The summed E-state index contributed by atoms with van der Waals surface area (Å²) >= 11 is 0. The molecule has 0 spiro atoms. The van der Waals surface area contributed by atoms with Crippen LogP contribution in [0.2, 0.25) is 0 Å². The van der Waals surface area contributed by atoms with Crippen LogP contribution in [-0.2, 0) is 0 Å². The number of nitrogens with two attached hydrogens (primary N) is 1. The number of hydrogen-bond acceptors (Lipinski definition) is 6. The SMILES string of the molecule is CC(C)=NOc1cnc2c(N)noc2c1. The molecular weight excluding hydrogens is 196 g/mol. The van der Waals surface area contributed by atoms with Crippen molar-refractivity contribution < 1.29 is 9.36 Å². The molecule has 0 saturated carbocycles. The number of oxime groups is 1. The minimum absolute atomic E-state index is 0.270. The summed E-state index contributed by atoms with van der Waals surface area (Å²) in [5, 5.41) is 7.37. The molecule has 0 aromatic carbocycles. The van der Waals surface area contributed by atoms with Gasteiger partial charge in [-0.15, -0.1) is 0 Å². The quantitative estimate of drug-likeness (QED) is 0.595. The zero-order valence-corrected chi connectivity index (χ0v) is 8.39. The van der Waals surface area contributed by atoms with Crippen LogP contribution in [0.5, 0.6) is 5.75 Å². The molecule has 0 aliphatic carbocycles. The molecule has 0 amide bonds. The Morgan fingerprint density at radius 2 is 2.33 bits per heavy atom. The lowest BCUT2D eigenvalue weighted by Gasteiger charge is -1.97. The highest BCUT2D eigenvalue weighted by molar-refractivity contribution is 5.83. The van der Waals surface area contributed by atoms with Gasteiger partial charge in [0, 0.05) is 6.07 Å². The Morgan fingerprint density at radius 1 is 1.53 bits per heavy atom. The van der Waals surface area contributed by atoms with Crippen LogP contribution in [0.3, 0.4) is 0 Å². The van der Waals surface area contributed by atoms with Crippen LogP contribution in [0.1, 0.15) is 13.8 Å². The van der Waals surface area contributed by atoms with E-state index in [1.54, 1.807) is 6.07 Å². The summed E-state index contributed by atoms with van der Waals surface area (Å²) in [6.07, 6.45) is 1.52. The number of rotatable bonds is 2. The molecule has 0 radical (unpaired) electrons. The average Bonchev–Trinajstić information content (AvgIpc) is 2.57. The van der Waals surface area contributed by atoms with E-state index in [1.807, 2.05) is 13.8 Å². The highest BCUT2D eigenvalue weighted by Gasteiger charge is 2.07. The van der Waals surface area contributed by atoms with Crippen molar-refractivity contribution >= 4 is 22.6 Å². The maximum absolute atomic E-state index is 5.51. The van der Waals surface area contributed by atoms with Gasteiger partial charge >= 0.3 is 0 Å². The molecule has 2 N–H and O–H groups in total. The topological polar surface area (TPSA) is 86.5 Å². The normalized spacial score (nSPS) is 10.3. The number of nitrogen functional groups attached to an aromatic ring is 1. The monoisotopic (exact) mass is 206 g/mol. The van der Waals surface area contributed by atoms with Crippen LogP contribution >= 0.6 is 0 Å². The number of pyridine rings is 1. The summed E-state index contributed by atoms with van der Waals surface area (Å²) in [6.45, 7) is 3.66. The summed E-state index contributed by atoms with van der Waals surface area (Å²) in [6, 6.07) is 1.64. The molecule has 0 saturated heterocycles. The smallest absolute Gasteiger partial charge is 0.193 e. The zero-order chi connectivity index (χ0) is 10.8. The summed E-state index contributed by atoms with van der Waals surface area (Å²) in [5.41, 5.74) is 7.33. The Labute approximate surface area is 85.7 Å². The Hall–Kier alpha value is -2.11. The highest BCUT2D eigenvalue weighted by Crippen LogP contribution is 2.22. The minimum atomic E-state index is 0.270. The first-order valence-electron chi connectivity index (χ1n) is 4.36. The van der Waals surface area contributed by atoms with Gasteiger partial charge < -0.3 is 15.1 Å². The van der Waals surface area contributed by atoms with E-state index in [4.69, 9.17) is 15.1 Å². The van der Waals surface area contributed by atoms with Gasteiger partial charge in [0.15, 0.2) is 22.7 Å². The zero-order valence-electron chi connectivity index (χ0n) is 8.39. The first-order chi connectivity index (χ1) is 7.16. The summed E-state index contributed by atoms with van der Waals surface area (Å²) in [4.78, 5) is 9.12. The molecule has 2 rings (SSSR count). The Morgan fingerprint density at radius 3 is 3.07 bits per heavy atom. The molecule has 2 heterocycles. The average molecular weight is 206 g/mol. The fourth-order valence-electron chi connectivity index (χ4n) is 1.02. The molecule has 0 aliphatic rings. The molecule has 0 bridgehead atoms. The molecule has 0 unspecified atom stereocenters. The van der Waals surface area contributed by atoms with Gasteiger partial charge in [-0.25, -0.2) is 4.98 Å². The van der Waals surface area contributed by atoms with E-state index in [2.05, 4.69) is 15.3 Å². The first-order valence-corrected chi connectivity index (χ1v) is 4.36. The van der Waals surface area contributed by atoms with E-state index in [0.29, 0.717) is 16.8 Å². The Balaban J connectivity index is 2.35. The van der Waals surface area contributed by atoms with Crippen LogP contribution in [0.4, 0.5) is 5.82 Å². The third-order valence-corrected chi connectivity index (χ3v) is 1.65. The van der Waals surface area contributed by atoms with Crippen LogP contribution < -0.4 is 10.6 Å². The molecule has 2 aromatic rings. The van der Waals surface area contributed by atoms with Gasteiger partial charge in [-0.3, -0.25) is 0 Å². The fraction of sp³-hybridized carbons (Fsp3) is 0.222. The maximum Gasteiger partial charge on any atom is 0.193 e. The predicted octanol–water partition coefficient (Wildman–Crippen LogP) is 1.58. The van der Waals surface area contributed by atoms with Gasteiger partial charge in [0.05, 0.1) is 11.9 Å².